The number of pyridine rings is 1. The number of hydrogen-bond acceptors (Lipinski definition) is 4. The van der Waals surface area contributed by atoms with Gasteiger partial charge >= 0.3 is 7.12 Å². The predicted octanol–water partition coefficient (Wildman–Crippen LogP) is 2.32. The molecule has 0 N–H and O–H groups in total. The van der Waals surface area contributed by atoms with Crippen LogP contribution in [0.1, 0.15) is 39.1 Å². The molecule has 3 rings (SSSR count). The fourth-order valence-electron chi connectivity index (χ4n) is 2.70. The smallest absolute Gasteiger partial charge is 0.399 e. The van der Waals surface area contributed by atoms with Crippen LogP contribution in [0.15, 0.2) is 18.3 Å². The molecule has 1 saturated heterocycles. The molecule has 5 nitrogen and oxygen atoms in total. The van der Waals surface area contributed by atoms with Gasteiger partial charge in [0.2, 0.25) is 5.95 Å². The zero-order chi connectivity index (χ0) is 17.0. The molecule has 1 aliphatic heterocycles. The monoisotopic (exact) mass is 317 g/mol. The summed E-state index contributed by atoms with van der Waals surface area (Å²) in [6.45, 7) is 11.9. The van der Waals surface area contributed by atoms with E-state index in [0.29, 0.717) is 5.69 Å². The fourth-order valence-corrected chi connectivity index (χ4v) is 2.70. The van der Waals surface area contributed by atoms with E-state index in [0.717, 1.165) is 16.9 Å². The van der Waals surface area contributed by atoms with Gasteiger partial charge in [0, 0.05) is 11.2 Å². The number of rotatable bonds is 2. The lowest BCUT2D eigenvalue weighted by Crippen LogP contribution is -2.41. The van der Waals surface area contributed by atoms with Gasteiger partial charge in [0.15, 0.2) is 0 Å². The van der Waals surface area contributed by atoms with Crippen LogP contribution >= 0.6 is 0 Å². The highest BCUT2D eigenvalue weighted by molar-refractivity contribution is 6.63. The third-order valence-corrected chi connectivity index (χ3v) is 4.79. The minimum Gasteiger partial charge on any atom is -0.399 e. The zero-order valence-electron chi connectivity index (χ0n) is 14.3. The summed E-state index contributed by atoms with van der Waals surface area (Å²) < 4.78 is 27.0. The van der Waals surface area contributed by atoms with Gasteiger partial charge < -0.3 is 9.31 Å². The topological polar surface area (TPSA) is 49.2 Å². The number of halogens is 1. The number of aryl methyl sites for hydroxylation is 1. The van der Waals surface area contributed by atoms with E-state index in [9.17, 15) is 4.39 Å². The van der Waals surface area contributed by atoms with Gasteiger partial charge in [0.05, 0.1) is 28.8 Å². The van der Waals surface area contributed by atoms with E-state index in [1.807, 2.05) is 41.5 Å². The SMILES string of the molecule is Cc1nn(-c2ccc(F)nc2)c(C)c1B1OC(C)(C)C(C)(C)O1. The van der Waals surface area contributed by atoms with Crippen molar-refractivity contribution in [1.82, 2.24) is 14.8 Å². The van der Waals surface area contributed by atoms with E-state index >= 15 is 0 Å². The molecule has 7 heteroatoms. The summed E-state index contributed by atoms with van der Waals surface area (Å²) in [6, 6.07) is 2.97. The van der Waals surface area contributed by atoms with Crippen molar-refractivity contribution in [3.05, 3.63) is 35.7 Å². The lowest BCUT2D eigenvalue weighted by Gasteiger charge is -2.32. The van der Waals surface area contributed by atoms with Crippen molar-refractivity contribution in [1.29, 1.82) is 0 Å². The molecule has 0 spiro atoms. The maximum Gasteiger partial charge on any atom is 0.498 e. The Morgan fingerprint density at radius 3 is 2.22 bits per heavy atom. The predicted molar refractivity (Wildman–Crippen MR) is 86.5 cm³/mol. The Kier molecular flexibility index (Phi) is 3.61. The first-order chi connectivity index (χ1) is 10.6. The van der Waals surface area contributed by atoms with Gasteiger partial charge in [-0.05, 0) is 53.7 Å². The molecule has 0 aliphatic carbocycles. The van der Waals surface area contributed by atoms with Crippen molar-refractivity contribution in [2.24, 2.45) is 0 Å². The molecule has 0 amide bonds. The number of aromatic nitrogens is 3. The molecule has 0 aromatic carbocycles. The van der Waals surface area contributed by atoms with Crippen LogP contribution in [0.2, 0.25) is 0 Å². The Bertz CT molecular complexity index is 725. The highest BCUT2D eigenvalue weighted by atomic mass is 19.1. The van der Waals surface area contributed by atoms with Crippen LogP contribution in [0.25, 0.3) is 5.69 Å². The van der Waals surface area contributed by atoms with Crippen LogP contribution in [-0.4, -0.2) is 33.1 Å². The van der Waals surface area contributed by atoms with Crippen molar-refractivity contribution in [3.63, 3.8) is 0 Å². The third-order valence-electron chi connectivity index (χ3n) is 4.79. The van der Waals surface area contributed by atoms with E-state index in [4.69, 9.17) is 9.31 Å². The van der Waals surface area contributed by atoms with Crippen molar-refractivity contribution >= 4 is 12.6 Å². The van der Waals surface area contributed by atoms with Gasteiger partial charge in [0.1, 0.15) is 0 Å². The summed E-state index contributed by atoms with van der Waals surface area (Å²) in [7, 11) is -0.470. The van der Waals surface area contributed by atoms with Gasteiger partial charge in [-0.15, -0.1) is 0 Å². The average Bonchev–Trinajstić information content (AvgIpc) is 2.84. The largest absolute Gasteiger partial charge is 0.498 e. The van der Waals surface area contributed by atoms with Crippen molar-refractivity contribution < 1.29 is 13.7 Å². The highest BCUT2D eigenvalue weighted by Crippen LogP contribution is 2.37. The summed E-state index contributed by atoms with van der Waals surface area (Å²) in [5.41, 5.74) is 2.52. The summed E-state index contributed by atoms with van der Waals surface area (Å²) in [6.07, 6.45) is 1.46. The molecule has 0 saturated carbocycles. The van der Waals surface area contributed by atoms with Gasteiger partial charge in [-0.1, -0.05) is 0 Å². The average molecular weight is 317 g/mol. The Morgan fingerprint density at radius 1 is 1.09 bits per heavy atom. The molecule has 2 aromatic heterocycles. The second-order valence-corrected chi connectivity index (χ2v) is 6.92. The second kappa shape index (κ2) is 5.14. The Labute approximate surface area is 136 Å². The molecule has 3 heterocycles. The lowest BCUT2D eigenvalue weighted by atomic mass is 9.77. The van der Waals surface area contributed by atoms with E-state index in [1.165, 1.54) is 12.3 Å². The van der Waals surface area contributed by atoms with Gasteiger partial charge in [-0.3, -0.25) is 0 Å². The van der Waals surface area contributed by atoms with Crippen LogP contribution in [0.4, 0.5) is 4.39 Å². The Balaban J connectivity index is 2.01. The zero-order valence-corrected chi connectivity index (χ0v) is 14.3. The van der Waals surface area contributed by atoms with Crippen LogP contribution < -0.4 is 5.46 Å². The quantitative estimate of drug-likeness (QED) is 0.630. The molecule has 0 bridgehead atoms. The fraction of sp³-hybridized carbons (Fsp3) is 0.500. The second-order valence-electron chi connectivity index (χ2n) is 6.92. The van der Waals surface area contributed by atoms with E-state index < -0.39 is 24.3 Å². The normalized spacial score (nSPS) is 19.3. The van der Waals surface area contributed by atoms with E-state index in [2.05, 4.69) is 10.1 Å². The van der Waals surface area contributed by atoms with Gasteiger partial charge in [0.25, 0.3) is 0 Å². The van der Waals surface area contributed by atoms with E-state index in [-0.39, 0.29) is 0 Å². The molecule has 1 fully saturated rings. The molecule has 1 aliphatic rings. The van der Waals surface area contributed by atoms with Gasteiger partial charge in [-0.25, -0.2) is 9.67 Å². The van der Waals surface area contributed by atoms with Crippen LogP contribution in [-0.2, 0) is 9.31 Å². The maximum atomic E-state index is 13.0. The number of nitrogens with zero attached hydrogens (tertiary/aromatic N) is 3. The van der Waals surface area contributed by atoms with Gasteiger partial charge in [-0.2, -0.15) is 9.49 Å². The maximum absolute atomic E-state index is 13.0. The molecule has 0 atom stereocenters. The molecular weight excluding hydrogens is 296 g/mol. The molecular formula is C16H21BFN3O2. The summed E-state index contributed by atoms with van der Waals surface area (Å²) >= 11 is 0. The molecule has 2 aromatic rings. The molecule has 23 heavy (non-hydrogen) atoms. The first-order valence-corrected chi connectivity index (χ1v) is 7.66. The summed E-state index contributed by atoms with van der Waals surface area (Å²) in [5, 5.41) is 4.54. The Hall–Kier alpha value is -1.73. The Morgan fingerprint density at radius 2 is 1.70 bits per heavy atom. The first-order valence-electron chi connectivity index (χ1n) is 7.66. The molecule has 0 unspecified atom stereocenters. The minimum absolute atomic E-state index is 0.407. The van der Waals surface area contributed by atoms with Crippen LogP contribution in [0.5, 0.6) is 0 Å². The lowest BCUT2D eigenvalue weighted by molar-refractivity contribution is 0.00578. The number of hydrogen-bond donors (Lipinski definition) is 0. The standard InChI is InChI=1S/C16H21BFN3O2/c1-10-14(17-22-15(3,4)16(5,6)23-17)11(2)21(20-10)12-7-8-13(18)19-9-12/h7-9H,1-6H3. The van der Waals surface area contributed by atoms with Crippen LogP contribution in [0, 0.1) is 19.8 Å². The highest BCUT2D eigenvalue weighted by Gasteiger charge is 2.53. The molecule has 0 radical (unpaired) electrons. The third kappa shape index (κ3) is 2.58. The minimum atomic E-state index is -0.513. The van der Waals surface area contributed by atoms with Crippen LogP contribution in [0.3, 0.4) is 0 Å². The van der Waals surface area contributed by atoms with E-state index in [1.54, 1.807) is 10.7 Å². The summed E-state index contributed by atoms with van der Waals surface area (Å²) in [5.74, 6) is -0.513. The first kappa shape index (κ1) is 16.1. The van der Waals surface area contributed by atoms with Crippen molar-refractivity contribution in [2.45, 2.75) is 52.7 Å². The van der Waals surface area contributed by atoms with Crippen molar-refractivity contribution in [3.8, 4) is 5.69 Å². The summed E-state index contributed by atoms with van der Waals surface area (Å²) in [4.78, 5) is 3.69. The molecule has 122 valence electrons. The van der Waals surface area contributed by atoms with Crippen molar-refractivity contribution in [2.75, 3.05) is 0 Å².